The lowest BCUT2D eigenvalue weighted by atomic mass is 10.2. The van der Waals surface area contributed by atoms with Crippen molar-refractivity contribution in [2.45, 2.75) is 44.9 Å². The Morgan fingerprint density at radius 2 is 2.04 bits per heavy atom. The Morgan fingerprint density at radius 3 is 2.68 bits per heavy atom. The van der Waals surface area contributed by atoms with Gasteiger partial charge in [0, 0.05) is 33.4 Å². The maximum atomic E-state index is 12.2. The predicted octanol–water partition coefficient (Wildman–Crippen LogP) is 5.21. The number of hydrogen-bond donors (Lipinski definition) is 1. The van der Waals surface area contributed by atoms with Gasteiger partial charge in [0.15, 0.2) is 11.0 Å². The molecule has 3 aromatic rings. The minimum atomic E-state index is -0.0383. The minimum absolute atomic E-state index is 0.0383. The quantitative estimate of drug-likeness (QED) is 0.494. The molecule has 1 aromatic carbocycles. The molecule has 5 nitrogen and oxygen atoms in total. The fourth-order valence-corrected chi connectivity index (χ4v) is 4.54. The zero-order chi connectivity index (χ0) is 20.1. The van der Waals surface area contributed by atoms with Gasteiger partial charge in [-0.05, 0) is 44.0 Å². The average Bonchev–Trinajstić information content (AvgIpc) is 3.32. The van der Waals surface area contributed by atoms with E-state index in [1.807, 2.05) is 24.3 Å². The van der Waals surface area contributed by atoms with Gasteiger partial charge in [-0.3, -0.25) is 9.36 Å². The van der Waals surface area contributed by atoms with Crippen molar-refractivity contribution in [3.63, 3.8) is 0 Å². The topological polar surface area (TPSA) is 59.8 Å². The lowest BCUT2D eigenvalue weighted by molar-refractivity contribution is -0.118. The van der Waals surface area contributed by atoms with Crippen LogP contribution in [0.15, 0.2) is 40.9 Å². The second-order valence-electron chi connectivity index (χ2n) is 6.62. The number of thiophene rings is 1. The third-order valence-corrected chi connectivity index (χ3v) is 6.45. The average molecular weight is 435 g/mol. The molecular formula is C20H23ClN4OS2. The van der Waals surface area contributed by atoms with Crippen molar-refractivity contribution in [3.8, 4) is 11.4 Å². The molecule has 0 radical (unpaired) electrons. The summed E-state index contributed by atoms with van der Waals surface area (Å²) in [6, 6.07) is 9.82. The van der Waals surface area contributed by atoms with Crippen LogP contribution in [0.5, 0.6) is 0 Å². The maximum Gasteiger partial charge on any atom is 0.230 e. The number of rotatable bonds is 8. The van der Waals surface area contributed by atoms with Gasteiger partial charge in [0.25, 0.3) is 0 Å². The smallest absolute Gasteiger partial charge is 0.230 e. The van der Waals surface area contributed by atoms with Gasteiger partial charge in [-0.25, -0.2) is 0 Å². The maximum absolute atomic E-state index is 12.2. The largest absolute Gasteiger partial charge is 0.351 e. The highest BCUT2D eigenvalue weighted by molar-refractivity contribution is 7.99. The van der Waals surface area contributed by atoms with Crippen LogP contribution >= 0.6 is 34.7 Å². The van der Waals surface area contributed by atoms with Gasteiger partial charge in [-0.2, -0.15) is 0 Å². The molecule has 0 spiro atoms. The van der Waals surface area contributed by atoms with E-state index in [2.05, 4.69) is 52.3 Å². The molecule has 0 saturated carbocycles. The van der Waals surface area contributed by atoms with Gasteiger partial charge in [0.1, 0.15) is 0 Å². The fraction of sp³-hybridized carbons (Fsp3) is 0.350. The number of hydrogen-bond acceptors (Lipinski definition) is 5. The van der Waals surface area contributed by atoms with E-state index in [9.17, 15) is 4.79 Å². The molecule has 3 rings (SSSR count). The molecule has 28 heavy (non-hydrogen) atoms. The number of carbonyl (C=O) groups excluding carboxylic acids is 1. The molecule has 0 bridgehead atoms. The number of amides is 1. The lowest BCUT2D eigenvalue weighted by Crippen LogP contribution is -2.24. The molecule has 0 atom stereocenters. The molecule has 0 fully saturated rings. The molecule has 0 aliphatic rings. The number of aryl methyl sites for hydroxylation is 1. The first-order valence-electron chi connectivity index (χ1n) is 9.14. The van der Waals surface area contributed by atoms with Crippen molar-refractivity contribution in [2.75, 3.05) is 5.75 Å². The molecular weight excluding hydrogens is 412 g/mol. The van der Waals surface area contributed by atoms with Crippen molar-refractivity contribution in [3.05, 3.63) is 51.2 Å². The van der Waals surface area contributed by atoms with Crippen LogP contribution in [0.2, 0.25) is 5.02 Å². The van der Waals surface area contributed by atoms with Crippen LogP contribution in [0.25, 0.3) is 11.4 Å². The summed E-state index contributed by atoms with van der Waals surface area (Å²) in [5, 5.41) is 15.2. The predicted molar refractivity (Wildman–Crippen MR) is 117 cm³/mol. The molecule has 1 N–H and O–H groups in total. The van der Waals surface area contributed by atoms with Crippen LogP contribution in [0, 0.1) is 0 Å². The van der Waals surface area contributed by atoms with Crippen LogP contribution in [0.4, 0.5) is 0 Å². The first-order valence-corrected chi connectivity index (χ1v) is 11.4. The number of thioether (sulfide) groups is 1. The van der Waals surface area contributed by atoms with E-state index in [-0.39, 0.29) is 11.9 Å². The van der Waals surface area contributed by atoms with Crippen molar-refractivity contribution < 1.29 is 4.79 Å². The highest BCUT2D eigenvalue weighted by atomic mass is 35.5. The Kier molecular flexibility index (Phi) is 7.15. The third kappa shape index (κ3) is 5.16. The Bertz CT molecular complexity index is 934. The van der Waals surface area contributed by atoms with E-state index in [1.165, 1.54) is 16.6 Å². The molecule has 0 unspecified atom stereocenters. The van der Waals surface area contributed by atoms with Crippen LogP contribution in [-0.4, -0.2) is 26.4 Å². The zero-order valence-electron chi connectivity index (χ0n) is 16.1. The van der Waals surface area contributed by atoms with Crippen molar-refractivity contribution >= 4 is 40.6 Å². The molecule has 2 aromatic heterocycles. The van der Waals surface area contributed by atoms with Gasteiger partial charge in [0.2, 0.25) is 5.91 Å². The molecule has 148 valence electrons. The highest BCUT2D eigenvalue weighted by Gasteiger charge is 2.18. The summed E-state index contributed by atoms with van der Waals surface area (Å²) in [5.41, 5.74) is 2.10. The standard InChI is InChI=1S/C20H23ClN4OS2/c1-4-17-9-15(11-27-17)19-23-24-20(25(19)13(2)3)28-12-18(26)22-10-14-5-7-16(21)8-6-14/h5-9,11,13H,4,10,12H2,1-3H3,(H,22,26). The van der Waals surface area contributed by atoms with Crippen LogP contribution in [0.1, 0.15) is 37.3 Å². The lowest BCUT2D eigenvalue weighted by Gasteiger charge is -2.13. The second kappa shape index (κ2) is 9.58. The number of benzene rings is 1. The number of halogens is 1. The molecule has 8 heteroatoms. The van der Waals surface area contributed by atoms with Gasteiger partial charge in [-0.15, -0.1) is 21.5 Å². The van der Waals surface area contributed by atoms with Crippen molar-refractivity contribution in [2.24, 2.45) is 0 Å². The second-order valence-corrected chi connectivity index (χ2v) is 8.99. The van der Waals surface area contributed by atoms with E-state index in [0.717, 1.165) is 28.5 Å². The van der Waals surface area contributed by atoms with Gasteiger partial charge >= 0.3 is 0 Å². The Balaban J connectivity index is 1.63. The summed E-state index contributed by atoms with van der Waals surface area (Å²) >= 11 is 9.03. The SMILES string of the molecule is CCc1cc(-c2nnc(SCC(=O)NCc3ccc(Cl)cc3)n2C(C)C)cs1. The number of nitrogens with zero attached hydrogens (tertiary/aromatic N) is 3. The normalized spacial score (nSPS) is 11.2. The summed E-state index contributed by atoms with van der Waals surface area (Å²) < 4.78 is 2.10. The summed E-state index contributed by atoms with van der Waals surface area (Å²) in [6.07, 6.45) is 1.01. The van der Waals surface area contributed by atoms with Gasteiger partial charge in [-0.1, -0.05) is 42.4 Å². The zero-order valence-corrected chi connectivity index (χ0v) is 18.5. The first-order chi connectivity index (χ1) is 13.5. The van der Waals surface area contributed by atoms with E-state index >= 15 is 0 Å². The Labute approximate surface area is 178 Å². The van der Waals surface area contributed by atoms with Crippen LogP contribution < -0.4 is 5.32 Å². The minimum Gasteiger partial charge on any atom is -0.351 e. The summed E-state index contributed by atoms with van der Waals surface area (Å²) in [5.74, 6) is 1.11. The first kappa shape index (κ1) is 20.9. The monoisotopic (exact) mass is 434 g/mol. The van der Waals surface area contributed by atoms with Crippen LogP contribution in [0.3, 0.4) is 0 Å². The Hall–Kier alpha value is -1.83. The molecule has 0 saturated heterocycles. The van der Waals surface area contributed by atoms with Gasteiger partial charge < -0.3 is 5.32 Å². The molecule has 0 aliphatic heterocycles. The summed E-state index contributed by atoms with van der Waals surface area (Å²) in [4.78, 5) is 13.6. The third-order valence-electron chi connectivity index (χ3n) is 4.18. The van der Waals surface area contributed by atoms with E-state index in [4.69, 9.17) is 11.6 Å². The van der Waals surface area contributed by atoms with E-state index in [1.54, 1.807) is 11.3 Å². The molecule has 0 aliphatic carbocycles. The van der Waals surface area contributed by atoms with Crippen LogP contribution in [-0.2, 0) is 17.8 Å². The highest BCUT2D eigenvalue weighted by Crippen LogP contribution is 2.30. The molecule has 2 heterocycles. The summed E-state index contributed by atoms with van der Waals surface area (Å²) in [7, 11) is 0. The molecule has 1 amide bonds. The van der Waals surface area contributed by atoms with E-state index < -0.39 is 0 Å². The van der Waals surface area contributed by atoms with Crippen molar-refractivity contribution in [1.29, 1.82) is 0 Å². The number of nitrogens with one attached hydrogen (secondary N) is 1. The van der Waals surface area contributed by atoms with Crippen molar-refractivity contribution in [1.82, 2.24) is 20.1 Å². The number of aromatic nitrogens is 3. The van der Waals surface area contributed by atoms with E-state index in [0.29, 0.717) is 17.3 Å². The number of carbonyl (C=O) groups is 1. The Morgan fingerprint density at radius 1 is 1.29 bits per heavy atom. The van der Waals surface area contributed by atoms with Gasteiger partial charge in [0.05, 0.1) is 5.75 Å². The fourth-order valence-electron chi connectivity index (χ4n) is 2.71. The summed E-state index contributed by atoms with van der Waals surface area (Å²) in [6.45, 7) is 6.83.